The first-order chi connectivity index (χ1) is 27.5. The first kappa shape index (κ1) is 46.7. The second-order valence-electron chi connectivity index (χ2n) is 12.2. The van der Waals surface area contributed by atoms with Gasteiger partial charge >= 0.3 is 0 Å². The number of primary amides is 1. The lowest BCUT2D eigenvalue weighted by molar-refractivity contribution is -0.0217. The predicted molar refractivity (Wildman–Crippen MR) is 220 cm³/mol. The van der Waals surface area contributed by atoms with E-state index in [1.807, 2.05) is 36.4 Å². The lowest BCUT2D eigenvalue weighted by atomic mass is 10.0. The van der Waals surface area contributed by atoms with Crippen LogP contribution in [0.15, 0.2) is 60.8 Å². The predicted octanol–water partition coefficient (Wildman–Crippen LogP) is 4.94. The Bertz CT molecular complexity index is 1530. The molecule has 2 amide bonds. The van der Waals surface area contributed by atoms with Gasteiger partial charge in [0.1, 0.15) is 0 Å². The second-order valence-corrected chi connectivity index (χ2v) is 13.3. The standard InChI is InChI=1S/C41H60N4O10S/c1-4-45(5-2)36-9-10-38(37(31-36)39-30-34(40(42)46)11-12-43-39)44-41(47)35-8-6-7-33(29-35)32-56-28-27-55-26-25-54-24-23-53-22-21-52-20-19-51-18-17-50-16-15-49-14-13-48-3/h6-12,29-31H,4-5,13-28,32H2,1-3H3,(H2,42,46)(H,44,47). The van der Waals surface area contributed by atoms with Crippen LogP contribution in [0.2, 0.25) is 0 Å². The quantitative estimate of drug-likeness (QED) is 0.0798. The van der Waals surface area contributed by atoms with Crippen LogP contribution in [0.5, 0.6) is 0 Å². The maximum Gasteiger partial charge on any atom is 0.255 e. The number of methoxy groups -OCH3 is 1. The van der Waals surface area contributed by atoms with Crippen molar-refractivity contribution in [1.29, 1.82) is 0 Å². The zero-order chi connectivity index (χ0) is 40.1. The highest BCUT2D eigenvalue weighted by Gasteiger charge is 2.16. The Morgan fingerprint density at radius 2 is 1.23 bits per heavy atom. The summed E-state index contributed by atoms with van der Waals surface area (Å²) in [6.07, 6.45) is 1.55. The number of rotatable bonds is 33. The molecule has 0 atom stereocenters. The number of aromatic nitrogens is 1. The molecule has 0 saturated carbocycles. The molecule has 1 aromatic heterocycles. The van der Waals surface area contributed by atoms with Gasteiger partial charge < -0.3 is 53.8 Å². The van der Waals surface area contributed by atoms with E-state index in [4.69, 9.17) is 43.6 Å². The normalized spacial score (nSPS) is 11.2. The summed E-state index contributed by atoms with van der Waals surface area (Å²) >= 11 is 1.73. The zero-order valence-corrected chi connectivity index (χ0v) is 34.0. The van der Waals surface area contributed by atoms with E-state index in [1.54, 1.807) is 43.3 Å². The molecule has 14 nitrogen and oxygen atoms in total. The molecule has 0 aliphatic heterocycles. The molecule has 0 aliphatic carbocycles. The summed E-state index contributed by atoms with van der Waals surface area (Å²) in [6.45, 7) is 13.7. The highest BCUT2D eigenvalue weighted by Crippen LogP contribution is 2.32. The van der Waals surface area contributed by atoms with Gasteiger partial charge in [0.05, 0.1) is 110 Å². The summed E-state index contributed by atoms with van der Waals surface area (Å²) in [6, 6.07) is 16.6. The number of thioether (sulfide) groups is 1. The molecule has 0 saturated heterocycles. The number of hydrogen-bond donors (Lipinski definition) is 2. The Hall–Kier alpha value is -3.64. The average molecular weight is 801 g/mol. The van der Waals surface area contributed by atoms with Gasteiger partial charge in [0.25, 0.3) is 5.91 Å². The summed E-state index contributed by atoms with van der Waals surface area (Å²) in [5, 5.41) is 3.06. The largest absolute Gasteiger partial charge is 0.382 e. The van der Waals surface area contributed by atoms with Crippen molar-refractivity contribution in [1.82, 2.24) is 4.98 Å². The second kappa shape index (κ2) is 29.6. The SMILES string of the molecule is CCN(CC)c1ccc(NC(=O)c2cccc(CSCCOCCOCCOCCOCCOCCOCCOCCOC)c2)c(-c2cc(C(N)=O)ccn2)c1. The van der Waals surface area contributed by atoms with Crippen LogP contribution in [0.1, 0.15) is 40.1 Å². The molecular formula is C41H60N4O10S. The number of pyridine rings is 1. The molecule has 15 heteroatoms. The Balaban J connectivity index is 1.24. The molecule has 56 heavy (non-hydrogen) atoms. The fraction of sp³-hybridized carbons (Fsp3) is 0.537. The van der Waals surface area contributed by atoms with E-state index in [2.05, 4.69) is 29.0 Å². The minimum atomic E-state index is -0.543. The fourth-order valence-corrected chi connectivity index (χ4v) is 6.03. The van der Waals surface area contributed by atoms with Crippen molar-refractivity contribution in [3.05, 3.63) is 77.5 Å². The molecule has 3 N–H and O–H groups in total. The zero-order valence-electron chi connectivity index (χ0n) is 33.2. The fourth-order valence-electron chi connectivity index (χ4n) is 5.24. The van der Waals surface area contributed by atoms with Crippen LogP contribution >= 0.6 is 11.8 Å². The first-order valence-electron chi connectivity index (χ1n) is 19.1. The number of ether oxygens (including phenoxy) is 8. The van der Waals surface area contributed by atoms with E-state index in [1.165, 1.54) is 0 Å². The van der Waals surface area contributed by atoms with Crippen LogP contribution in [0, 0.1) is 0 Å². The van der Waals surface area contributed by atoms with Gasteiger partial charge in [0.2, 0.25) is 5.91 Å². The van der Waals surface area contributed by atoms with Crippen LogP contribution in [-0.2, 0) is 43.6 Å². The summed E-state index contributed by atoms with van der Waals surface area (Å²) in [7, 11) is 1.64. The molecule has 0 aliphatic rings. The lowest BCUT2D eigenvalue weighted by Crippen LogP contribution is -2.22. The van der Waals surface area contributed by atoms with Crippen molar-refractivity contribution < 1.29 is 47.5 Å². The maximum atomic E-state index is 13.5. The summed E-state index contributed by atoms with van der Waals surface area (Å²) in [5.41, 5.74) is 10.3. The topological polar surface area (TPSA) is 162 Å². The van der Waals surface area contributed by atoms with Gasteiger partial charge in [-0.2, -0.15) is 11.8 Å². The molecular weight excluding hydrogens is 741 g/mol. The van der Waals surface area contributed by atoms with Gasteiger partial charge in [0, 0.05) is 60.3 Å². The minimum absolute atomic E-state index is 0.238. The molecule has 2 aromatic carbocycles. The van der Waals surface area contributed by atoms with E-state index >= 15 is 0 Å². The smallest absolute Gasteiger partial charge is 0.255 e. The third kappa shape index (κ3) is 19.0. The molecule has 3 rings (SSSR count). The number of amides is 2. The molecule has 1 heterocycles. The number of anilines is 2. The number of nitrogens with one attached hydrogen (secondary N) is 1. The van der Waals surface area contributed by atoms with Gasteiger partial charge in [-0.25, -0.2) is 0 Å². The summed E-state index contributed by atoms with van der Waals surface area (Å²) in [5.74, 6) is 0.768. The van der Waals surface area contributed by atoms with Gasteiger partial charge in [0.15, 0.2) is 0 Å². The lowest BCUT2D eigenvalue weighted by Gasteiger charge is -2.23. The maximum absolute atomic E-state index is 13.5. The van der Waals surface area contributed by atoms with Crippen LogP contribution in [-0.4, -0.2) is 142 Å². The van der Waals surface area contributed by atoms with E-state index in [0.29, 0.717) is 127 Å². The molecule has 0 fully saturated rings. The Labute approximate surface area is 336 Å². The number of nitrogens with zero attached hydrogens (tertiary/aromatic N) is 2. The van der Waals surface area contributed by atoms with Crippen molar-refractivity contribution >= 4 is 35.0 Å². The van der Waals surface area contributed by atoms with E-state index in [0.717, 1.165) is 35.8 Å². The molecule has 310 valence electrons. The summed E-state index contributed by atoms with van der Waals surface area (Å²) in [4.78, 5) is 32.0. The van der Waals surface area contributed by atoms with Crippen LogP contribution in [0.4, 0.5) is 11.4 Å². The van der Waals surface area contributed by atoms with Crippen LogP contribution in [0.3, 0.4) is 0 Å². The van der Waals surface area contributed by atoms with Crippen LogP contribution < -0.4 is 16.0 Å². The van der Waals surface area contributed by atoms with Crippen molar-refractivity contribution in [3.8, 4) is 11.3 Å². The average Bonchev–Trinajstić information content (AvgIpc) is 3.21. The van der Waals surface area contributed by atoms with Gasteiger partial charge in [-0.15, -0.1) is 0 Å². The van der Waals surface area contributed by atoms with Crippen LogP contribution in [0.25, 0.3) is 11.3 Å². The molecule has 0 bridgehead atoms. The van der Waals surface area contributed by atoms with Crippen molar-refractivity contribution in [2.24, 2.45) is 5.73 Å². The van der Waals surface area contributed by atoms with E-state index < -0.39 is 5.91 Å². The number of benzene rings is 2. The number of carbonyl (C=O) groups excluding carboxylic acids is 2. The number of nitrogens with two attached hydrogens (primary N) is 1. The third-order valence-electron chi connectivity index (χ3n) is 8.19. The van der Waals surface area contributed by atoms with Gasteiger partial charge in [-0.1, -0.05) is 12.1 Å². The number of hydrogen-bond acceptors (Lipinski definition) is 13. The minimum Gasteiger partial charge on any atom is -0.382 e. The Kier molecular flexibility index (Phi) is 24.7. The Morgan fingerprint density at radius 3 is 1.77 bits per heavy atom. The molecule has 3 aromatic rings. The molecule has 0 spiro atoms. The summed E-state index contributed by atoms with van der Waals surface area (Å²) < 4.78 is 43.4. The van der Waals surface area contributed by atoms with E-state index in [9.17, 15) is 9.59 Å². The highest BCUT2D eigenvalue weighted by molar-refractivity contribution is 7.98. The van der Waals surface area contributed by atoms with Crippen molar-refractivity contribution in [2.75, 3.05) is 135 Å². The monoisotopic (exact) mass is 800 g/mol. The van der Waals surface area contributed by atoms with Crippen molar-refractivity contribution in [2.45, 2.75) is 19.6 Å². The Morgan fingerprint density at radius 1 is 0.679 bits per heavy atom. The first-order valence-corrected chi connectivity index (χ1v) is 20.3. The van der Waals surface area contributed by atoms with Gasteiger partial charge in [-0.3, -0.25) is 14.6 Å². The molecule has 0 unspecified atom stereocenters. The number of carbonyl (C=O) groups is 2. The van der Waals surface area contributed by atoms with Crippen molar-refractivity contribution in [3.63, 3.8) is 0 Å². The molecule has 0 radical (unpaired) electrons. The van der Waals surface area contributed by atoms with Gasteiger partial charge in [-0.05, 0) is 61.9 Å². The third-order valence-corrected chi connectivity index (χ3v) is 9.19. The highest BCUT2D eigenvalue weighted by atomic mass is 32.2. The van der Waals surface area contributed by atoms with E-state index in [-0.39, 0.29) is 5.91 Å².